The Morgan fingerprint density at radius 1 is 1.15 bits per heavy atom. The van der Waals surface area contributed by atoms with E-state index in [0.29, 0.717) is 17.3 Å². The van der Waals surface area contributed by atoms with E-state index in [4.69, 9.17) is 11.6 Å². The monoisotopic (exact) mass is 383 g/mol. The molecular weight excluding hydrogens is 371 g/mol. The van der Waals surface area contributed by atoms with Crippen LogP contribution < -0.4 is 5.32 Å². The van der Waals surface area contributed by atoms with Crippen LogP contribution in [0.4, 0.5) is 18.9 Å². The number of carbonyl (C=O) groups excluding carboxylic acids is 1. The SMILES string of the molecule is O=C(Cn1ccc(C(F)(F)F)n1)Nc1cnn(Cc2ccc(Cl)cc2)c1. The maximum Gasteiger partial charge on any atom is 0.435 e. The number of alkyl halides is 3. The number of amides is 1. The molecule has 10 heteroatoms. The molecule has 1 aromatic carbocycles. The maximum absolute atomic E-state index is 12.5. The van der Waals surface area contributed by atoms with Gasteiger partial charge in [0.2, 0.25) is 5.91 Å². The zero-order valence-electron chi connectivity index (χ0n) is 13.2. The van der Waals surface area contributed by atoms with Gasteiger partial charge in [-0.25, -0.2) is 0 Å². The highest BCUT2D eigenvalue weighted by Gasteiger charge is 2.33. The lowest BCUT2D eigenvalue weighted by Gasteiger charge is -2.04. The quantitative estimate of drug-likeness (QED) is 0.734. The van der Waals surface area contributed by atoms with Crippen molar-refractivity contribution < 1.29 is 18.0 Å². The molecule has 26 heavy (non-hydrogen) atoms. The summed E-state index contributed by atoms with van der Waals surface area (Å²) in [6, 6.07) is 8.07. The van der Waals surface area contributed by atoms with Crippen LogP contribution >= 0.6 is 11.6 Å². The summed E-state index contributed by atoms with van der Waals surface area (Å²) in [4.78, 5) is 11.9. The molecular formula is C16H13ClF3N5O. The van der Waals surface area contributed by atoms with Crippen molar-refractivity contribution in [3.63, 3.8) is 0 Å². The van der Waals surface area contributed by atoms with Gasteiger partial charge in [0.05, 0.1) is 18.4 Å². The molecule has 0 radical (unpaired) electrons. The van der Waals surface area contributed by atoms with Crippen molar-refractivity contribution in [2.75, 3.05) is 5.32 Å². The molecule has 0 aliphatic rings. The van der Waals surface area contributed by atoms with Crippen molar-refractivity contribution in [1.29, 1.82) is 0 Å². The third-order valence-corrected chi connectivity index (χ3v) is 3.66. The van der Waals surface area contributed by atoms with Crippen LogP contribution in [0, 0.1) is 0 Å². The highest BCUT2D eigenvalue weighted by molar-refractivity contribution is 6.30. The van der Waals surface area contributed by atoms with Gasteiger partial charge in [0, 0.05) is 17.4 Å². The second kappa shape index (κ2) is 7.20. The number of carbonyl (C=O) groups is 1. The van der Waals surface area contributed by atoms with Crippen LogP contribution in [0.2, 0.25) is 5.02 Å². The van der Waals surface area contributed by atoms with E-state index in [9.17, 15) is 18.0 Å². The molecule has 0 saturated carbocycles. The van der Waals surface area contributed by atoms with E-state index in [-0.39, 0.29) is 6.54 Å². The normalized spacial score (nSPS) is 11.5. The van der Waals surface area contributed by atoms with Gasteiger partial charge in [0.25, 0.3) is 0 Å². The minimum atomic E-state index is -4.54. The second-order valence-electron chi connectivity index (χ2n) is 5.50. The Kier molecular flexibility index (Phi) is 4.99. The molecule has 0 aliphatic carbocycles. The molecule has 0 saturated heterocycles. The first-order valence-corrected chi connectivity index (χ1v) is 7.85. The number of nitrogens with zero attached hydrogens (tertiary/aromatic N) is 4. The molecule has 0 fully saturated rings. The van der Waals surface area contributed by atoms with Gasteiger partial charge < -0.3 is 5.32 Å². The zero-order chi connectivity index (χ0) is 18.7. The van der Waals surface area contributed by atoms with Crippen molar-refractivity contribution in [2.45, 2.75) is 19.3 Å². The van der Waals surface area contributed by atoms with Crippen molar-refractivity contribution in [3.05, 3.63) is 65.2 Å². The van der Waals surface area contributed by atoms with E-state index in [1.165, 1.54) is 6.20 Å². The summed E-state index contributed by atoms with van der Waals surface area (Å²) in [5, 5.41) is 10.7. The number of rotatable bonds is 5. The lowest BCUT2D eigenvalue weighted by atomic mass is 10.2. The van der Waals surface area contributed by atoms with E-state index in [1.807, 2.05) is 12.1 Å². The standard InChI is InChI=1S/C16H13ClF3N5O/c17-12-3-1-11(2-4-12)8-25-9-13(7-21-25)22-15(26)10-24-6-5-14(23-24)16(18,19)20/h1-7,9H,8,10H2,(H,22,26). The second-order valence-corrected chi connectivity index (χ2v) is 5.93. The van der Waals surface area contributed by atoms with Crippen LogP contribution in [-0.2, 0) is 24.1 Å². The van der Waals surface area contributed by atoms with Crippen LogP contribution in [0.3, 0.4) is 0 Å². The van der Waals surface area contributed by atoms with E-state index in [0.717, 1.165) is 22.5 Å². The first-order chi connectivity index (χ1) is 12.3. The summed E-state index contributed by atoms with van der Waals surface area (Å²) < 4.78 is 40.0. The topological polar surface area (TPSA) is 64.7 Å². The Balaban J connectivity index is 1.57. The minimum absolute atomic E-state index is 0.335. The summed E-state index contributed by atoms with van der Waals surface area (Å²) in [5.41, 5.74) is 0.375. The molecule has 3 aromatic rings. The molecule has 2 aromatic heterocycles. The molecule has 1 amide bonds. The fraction of sp³-hybridized carbons (Fsp3) is 0.188. The third-order valence-electron chi connectivity index (χ3n) is 3.41. The molecule has 0 atom stereocenters. The lowest BCUT2D eigenvalue weighted by molar-refractivity contribution is -0.141. The molecule has 6 nitrogen and oxygen atoms in total. The van der Waals surface area contributed by atoms with E-state index in [2.05, 4.69) is 15.5 Å². The molecule has 0 bridgehead atoms. The van der Waals surface area contributed by atoms with Gasteiger partial charge in [0.15, 0.2) is 5.69 Å². The number of hydrogen-bond acceptors (Lipinski definition) is 3. The molecule has 0 spiro atoms. The number of nitrogens with one attached hydrogen (secondary N) is 1. The average Bonchev–Trinajstić information content (AvgIpc) is 3.19. The van der Waals surface area contributed by atoms with Gasteiger partial charge >= 0.3 is 6.18 Å². The van der Waals surface area contributed by atoms with E-state index in [1.54, 1.807) is 23.0 Å². The predicted molar refractivity (Wildman–Crippen MR) is 88.6 cm³/mol. The van der Waals surface area contributed by atoms with Gasteiger partial charge in [-0.1, -0.05) is 23.7 Å². The van der Waals surface area contributed by atoms with Crippen LogP contribution in [0.25, 0.3) is 0 Å². The predicted octanol–water partition coefficient (Wildman–Crippen LogP) is 3.44. The van der Waals surface area contributed by atoms with Crippen molar-refractivity contribution in [1.82, 2.24) is 19.6 Å². The first kappa shape index (κ1) is 18.0. The molecule has 3 rings (SSSR count). The van der Waals surface area contributed by atoms with Crippen LogP contribution in [-0.4, -0.2) is 25.5 Å². The number of aromatic nitrogens is 4. The Labute approximate surface area is 151 Å². The fourth-order valence-electron chi connectivity index (χ4n) is 2.24. The summed E-state index contributed by atoms with van der Waals surface area (Å²) in [7, 11) is 0. The summed E-state index contributed by atoms with van der Waals surface area (Å²) in [6.07, 6.45) is -0.355. The third kappa shape index (κ3) is 4.63. The summed E-state index contributed by atoms with van der Waals surface area (Å²) >= 11 is 5.83. The fourth-order valence-corrected chi connectivity index (χ4v) is 2.37. The number of hydrogen-bond donors (Lipinski definition) is 1. The number of halogens is 4. The maximum atomic E-state index is 12.5. The highest BCUT2D eigenvalue weighted by Crippen LogP contribution is 2.27. The Morgan fingerprint density at radius 2 is 1.88 bits per heavy atom. The van der Waals surface area contributed by atoms with Crippen molar-refractivity contribution in [2.24, 2.45) is 0 Å². The molecule has 0 aliphatic heterocycles. The van der Waals surface area contributed by atoms with Gasteiger partial charge in [-0.15, -0.1) is 0 Å². The van der Waals surface area contributed by atoms with Gasteiger partial charge in [-0.3, -0.25) is 14.2 Å². The Hall–Kier alpha value is -2.81. The Bertz CT molecular complexity index is 901. The van der Waals surface area contributed by atoms with Crippen molar-refractivity contribution in [3.8, 4) is 0 Å². The van der Waals surface area contributed by atoms with E-state index < -0.39 is 17.8 Å². The van der Waals surface area contributed by atoms with Crippen LogP contribution in [0.1, 0.15) is 11.3 Å². The molecule has 2 heterocycles. The average molecular weight is 384 g/mol. The number of benzene rings is 1. The number of anilines is 1. The van der Waals surface area contributed by atoms with Gasteiger partial charge in [0.1, 0.15) is 6.54 Å². The smallest absolute Gasteiger partial charge is 0.322 e. The lowest BCUT2D eigenvalue weighted by Crippen LogP contribution is -2.19. The summed E-state index contributed by atoms with van der Waals surface area (Å²) in [6.45, 7) is 0.152. The zero-order valence-corrected chi connectivity index (χ0v) is 14.0. The molecule has 136 valence electrons. The Morgan fingerprint density at radius 3 is 2.54 bits per heavy atom. The van der Waals surface area contributed by atoms with Crippen LogP contribution in [0.5, 0.6) is 0 Å². The summed E-state index contributed by atoms with van der Waals surface area (Å²) in [5.74, 6) is -0.507. The first-order valence-electron chi connectivity index (χ1n) is 7.47. The van der Waals surface area contributed by atoms with Gasteiger partial charge in [-0.2, -0.15) is 23.4 Å². The highest BCUT2D eigenvalue weighted by atomic mass is 35.5. The molecule has 0 unspecified atom stereocenters. The van der Waals surface area contributed by atoms with Crippen molar-refractivity contribution >= 4 is 23.2 Å². The largest absolute Gasteiger partial charge is 0.435 e. The van der Waals surface area contributed by atoms with Crippen LogP contribution in [0.15, 0.2) is 48.9 Å². The van der Waals surface area contributed by atoms with Gasteiger partial charge in [-0.05, 0) is 23.8 Å². The minimum Gasteiger partial charge on any atom is -0.322 e. The van der Waals surface area contributed by atoms with E-state index >= 15 is 0 Å². The molecule has 1 N–H and O–H groups in total.